The van der Waals surface area contributed by atoms with Crippen LogP contribution in [0.4, 0.5) is 11.4 Å². The van der Waals surface area contributed by atoms with E-state index in [1.165, 1.54) is 13.3 Å². The number of hydrogen-bond acceptors (Lipinski definition) is 4. The van der Waals surface area contributed by atoms with E-state index >= 15 is 0 Å². The second-order valence-electron chi connectivity index (χ2n) is 6.78. The molecule has 0 aliphatic carbocycles. The van der Waals surface area contributed by atoms with Crippen molar-refractivity contribution in [2.45, 2.75) is 27.2 Å². The Morgan fingerprint density at radius 3 is 2.46 bits per heavy atom. The van der Waals surface area contributed by atoms with Gasteiger partial charge in [0, 0.05) is 25.7 Å². The highest BCUT2D eigenvalue weighted by Crippen LogP contribution is 2.28. The summed E-state index contributed by atoms with van der Waals surface area (Å²) in [4.78, 5) is 25.8. The van der Waals surface area contributed by atoms with Crippen LogP contribution in [0, 0.1) is 11.8 Å². The zero-order valence-electron chi connectivity index (χ0n) is 14.9. The zero-order valence-corrected chi connectivity index (χ0v) is 14.9. The average molecular weight is 333 g/mol. The minimum absolute atomic E-state index is 0.0745. The summed E-state index contributed by atoms with van der Waals surface area (Å²) in [5.74, 6) is 1.56. The molecular formula is C18H27N3O3. The lowest BCUT2D eigenvalue weighted by molar-refractivity contribution is -0.118. The second-order valence-corrected chi connectivity index (χ2v) is 6.78. The van der Waals surface area contributed by atoms with Crippen molar-refractivity contribution in [3.63, 3.8) is 0 Å². The summed E-state index contributed by atoms with van der Waals surface area (Å²) >= 11 is 0. The van der Waals surface area contributed by atoms with E-state index < -0.39 is 0 Å². The predicted octanol–water partition coefficient (Wildman–Crippen LogP) is 2.57. The summed E-state index contributed by atoms with van der Waals surface area (Å²) in [6.07, 6.45) is 1.21. The molecule has 2 amide bonds. The Labute approximate surface area is 143 Å². The zero-order chi connectivity index (χ0) is 17.7. The van der Waals surface area contributed by atoms with Crippen LogP contribution in [-0.2, 0) is 9.59 Å². The molecule has 1 aromatic rings. The molecule has 1 aliphatic heterocycles. The molecule has 2 N–H and O–H groups in total. The molecule has 2 atom stereocenters. The van der Waals surface area contributed by atoms with Gasteiger partial charge >= 0.3 is 0 Å². The van der Waals surface area contributed by atoms with Gasteiger partial charge < -0.3 is 15.4 Å². The number of carbonyl (C=O) groups excluding carboxylic acids is 2. The summed E-state index contributed by atoms with van der Waals surface area (Å²) in [5, 5.41) is 5.60. The summed E-state index contributed by atoms with van der Waals surface area (Å²) in [6.45, 7) is 8.14. The van der Waals surface area contributed by atoms with E-state index in [4.69, 9.17) is 4.74 Å². The molecule has 1 aliphatic rings. The number of ether oxygens (including phenoxy) is 1. The number of amides is 2. The van der Waals surface area contributed by atoms with Crippen LogP contribution in [0.15, 0.2) is 18.2 Å². The van der Waals surface area contributed by atoms with Crippen molar-refractivity contribution in [3.05, 3.63) is 18.2 Å². The fourth-order valence-electron chi connectivity index (χ4n) is 3.40. The van der Waals surface area contributed by atoms with Crippen LogP contribution in [0.3, 0.4) is 0 Å². The third kappa shape index (κ3) is 5.23. The molecule has 1 saturated heterocycles. The second kappa shape index (κ2) is 8.15. The molecule has 0 saturated carbocycles. The first-order chi connectivity index (χ1) is 11.4. The molecule has 132 valence electrons. The summed E-state index contributed by atoms with van der Waals surface area (Å²) in [5.41, 5.74) is 1.19. The van der Waals surface area contributed by atoms with Crippen molar-refractivity contribution in [3.8, 4) is 5.75 Å². The highest BCUT2D eigenvalue weighted by Gasteiger charge is 2.23. The minimum atomic E-state index is -0.159. The van der Waals surface area contributed by atoms with Crippen molar-refractivity contribution in [2.75, 3.05) is 37.4 Å². The monoisotopic (exact) mass is 333 g/mol. The van der Waals surface area contributed by atoms with Crippen molar-refractivity contribution in [1.82, 2.24) is 4.90 Å². The van der Waals surface area contributed by atoms with Gasteiger partial charge in [0.1, 0.15) is 5.75 Å². The largest absolute Gasteiger partial charge is 0.495 e. The number of nitrogens with zero attached hydrogens (tertiary/aromatic N) is 1. The van der Waals surface area contributed by atoms with Gasteiger partial charge in [-0.2, -0.15) is 0 Å². The Kier molecular flexibility index (Phi) is 6.20. The van der Waals surface area contributed by atoms with E-state index in [0.29, 0.717) is 35.5 Å². The van der Waals surface area contributed by atoms with Crippen LogP contribution in [0.2, 0.25) is 0 Å². The van der Waals surface area contributed by atoms with Gasteiger partial charge in [-0.25, -0.2) is 0 Å². The Balaban J connectivity index is 2.03. The predicted molar refractivity (Wildman–Crippen MR) is 95.3 cm³/mol. The number of rotatable bonds is 5. The first-order valence-corrected chi connectivity index (χ1v) is 8.35. The third-order valence-electron chi connectivity index (χ3n) is 4.11. The highest BCUT2D eigenvalue weighted by atomic mass is 16.5. The van der Waals surface area contributed by atoms with Gasteiger partial charge in [-0.3, -0.25) is 14.5 Å². The van der Waals surface area contributed by atoms with Crippen LogP contribution in [0.1, 0.15) is 27.2 Å². The maximum Gasteiger partial charge on any atom is 0.238 e. The molecule has 0 radical (unpaired) electrons. The van der Waals surface area contributed by atoms with Gasteiger partial charge in [0.25, 0.3) is 0 Å². The van der Waals surface area contributed by atoms with Gasteiger partial charge in [0.15, 0.2) is 0 Å². The van der Waals surface area contributed by atoms with Crippen LogP contribution < -0.4 is 15.4 Å². The standard InChI is InChI=1S/C18H27N3O3/c1-12-7-13(2)10-21(9-12)11-18(23)20-16-8-15(19-14(3)22)5-6-17(16)24-4/h5-6,8,12-13H,7,9-11H2,1-4H3,(H,19,22)(H,20,23)/t12-,13+. The van der Waals surface area contributed by atoms with Crippen LogP contribution >= 0.6 is 0 Å². The molecule has 1 heterocycles. The van der Waals surface area contributed by atoms with E-state index in [0.717, 1.165) is 13.1 Å². The molecule has 0 bridgehead atoms. The molecule has 0 spiro atoms. The molecule has 24 heavy (non-hydrogen) atoms. The third-order valence-corrected chi connectivity index (χ3v) is 4.11. The Morgan fingerprint density at radius 2 is 1.88 bits per heavy atom. The number of hydrogen-bond donors (Lipinski definition) is 2. The van der Waals surface area contributed by atoms with Gasteiger partial charge in [-0.1, -0.05) is 13.8 Å². The number of likely N-dealkylation sites (tertiary alicyclic amines) is 1. The van der Waals surface area contributed by atoms with E-state index in [1.807, 2.05) is 0 Å². The SMILES string of the molecule is COc1ccc(NC(C)=O)cc1NC(=O)CN1C[C@H](C)C[C@H](C)C1. The van der Waals surface area contributed by atoms with Crippen LogP contribution in [-0.4, -0.2) is 43.5 Å². The molecule has 1 aromatic carbocycles. The average Bonchev–Trinajstić information content (AvgIpc) is 2.45. The number of carbonyl (C=O) groups is 2. The Morgan fingerprint density at radius 1 is 1.21 bits per heavy atom. The van der Waals surface area contributed by atoms with Crippen molar-refractivity contribution >= 4 is 23.2 Å². The molecule has 1 fully saturated rings. The van der Waals surface area contributed by atoms with E-state index in [9.17, 15) is 9.59 Å². The molecule has 0 unspecified atom stereocenters. The lowest BCUT2D eigenvalue weighted by atomic mass is 9.92. The molecule has 2 rings (SSSR count). The summed E-state index contributed by atoms with van der Waals surface area (Å²) in [7, 11) is 1.55. The van der Waals surface area contributed by atoms with E-state index in [-0.39, 0.29) is 11.8 Å². The van der Waals surface area contributed by atoms with E-state index in [1.54, 1.807) is 25.3 Å². The number of anilines is 2. The molecule has 6 heteroatoms. The number of nitrogens with one attached hydrogen (secondary N) is 2. The van der Waals surface area contributed by atoms with Crippen molar-refractivity contribution < 1.29 is 14.3 Å². The quantitative estimate of drug-likeness (QED) is 0.869. The lowest BCUT2D eigenvalue weighted by Crippen LogP contribution is -2.42. The molecular weight excluding hydrogens is 306 g/mol. The first-order valence-electron chi connectivity index (χ1n) is 8.35. The number of benzene rings is 1. The number of piperidine rings is 1. The topological polar surface area (TPSA) is 70.7 Å². The first kappa shape index (κ1) is 18.3. The minimum Gasteiger partial charge on any atom is -0.495 e. The maximum atomic E-state index is 12.4. The van der Waals surface area contributed by atoms with Crippen molar-refractivity contribution in [1.29, 1.82) is 0 Å². The van der Waals surface area contributed by atoms with Crippen LogP contribution in [0.25, 0.3) is 0 Å². The van der Waals surface area contributed by atoms with Crippen LogP contribution in [0.5, 0.6) is 5.75 Å². The van der Waals surface area contributed by atoms with Crippen molar-refractivity contribution in [2.24, 2.45) is 11.8 Å². The smallest absolute Gasteiger partial charge is 0.238 e. The van der Waals surface area contributed by atoms with E-state index in [2.05, 4.69) is 29.4 Å². The maximum absolute atomic E-state index is 12.4. The van der Waals surface area contributed by atoms with Gasteiger partial charge in [0.05, 0.1) is 19.3 Å². The van der Waals surface area contributed by atoms with Gasteiger partial charge in [-0.15, -0.1) is 0 Å². The Hall–Kier alpha value is -2.08. The summed E-state index contributed by atoms with van der Waals surface area (Å²) in [6, 6.07) is 5.18. The Bertz CT molecular complexity index is 593. The molecule has 6 nitrogen and oxygen atoms in total. The highest BCUT2D eigenvalue weighted by molar-refractivity contribution is 5.95. The summed E-state index contributed by atoms with van der Waals surface area (Å²) < 4.78 is 5.29. The van der Waals surface area contributed by atoms with Gasteiger partial charge in [-0.05, 0) is 36.5 Å². The lowest BCUT2D eigenvalue weighted by Gasteiger charge is -2.34. The van der Waals surface area contributed by atoms with Gasteiger partial charge in [0.2, 0.25) is 11.8 Å². The fraction of sp³-hybridized carbons (Fsp3) is 0.556. The molecule has 0 aromatic heterocycles. The number of methoxy groups -OCH3 is 1. The normalized spacial score (nSPS) is 21.2. The fourth-order valence-corrected chi connectivity index (χ4v) is 3.40.